The molecule has 1 aliphatic heterocycles. The molecule has 13 heteroatoms. The van der Waals surface area contributed by atoms with Crippen molar-refractivity contribution >= 4 is 17.8 Å². The first-order valence-corrected chi connectivity index (χ1v) is 18.1. The van der Waals surface area contributed by atoms with Gasteiger partial charge in [0.15, 0.2) is 18.9 Å². The Kier molecular flexibility index (Phi) is 21.4. The Balaban J connectivity index is 1.52. The van der Waals surface area contributed by atoms with E-state index in [9.17, 15) is 29.1 Å². The fraction of sp³-hybridized carbons (Fsp3) is 0.800. The molecule has 1 aliphatic rings. The molecule has 1 unspecified atom stereocenters. The predicted molar refractivity (Wildman–Crippen MR) is 180 cm³/mol. The number of aliphatic hydroxyl groups is 1. The molecule has 48 heavy (non-hydrogen) atoms. The molecular formula is C35H59N3O10. The highest BCUT2D eigenvalue weighted by molar-refractivity contribution is 5.80. The molecule has 1 aromatic rings. The second-order valence-electron chi connectivity index (χ2n) is 12.6. The van der Waals surface area contributed by atoms with Crippen molar-refractivity contribution in [3.05, 3.63) is 33.1 Å². The summed E-state index contributed by atoms with van der Waals surface area (Å²) in [5, 5.41) is 12.5. The van der Waals surface area contributed by atoms with Gasteiger partial charge >= 0.3 is 17.6 Å². The second kappa shape index (κ2) is 25.0. The van der Waals surface area contributed by atoms with Gasteiger partial charge in [-0.1, -0.05) is 96.8 Å². The van der Waals surface area contributed by atoms with E-state index in [2.05, 4.69) is 17.2 Å². The zero-order chi connectivity index (χ0) is 35.0. The molecule has 0 spiro atoms. The molecule has 274 valence electrons. The van der Waals surface area contributed by atoms with E-state index in [-0.39, 0.29) is 25.1 Å². The van der Waals surface area contributed by atoms with Crippen molar-refractivity contribution in [2.24, 2.45) is 0 Å². The van der Waals surface area contributed by atoms with Gasteiger partial charge in [-0.2, -0.15) is 0 Å². The minimum absolute atomic E-state index is 0.264. The molecule has 2 rings (SSSR count). The topological polar surface area (TPSA) is 175 Å². The number of hydrogen-bond donors (Lipinski definition) is 3. The van der Waals surface area contributed by atoms with Crippen molar-refractivity contribution in [1.82, 2.24) is 14.9 Å². The third kappa shape index (κ3) is 16.9. The number of aromatic nitrogens is 2. The summed E-state index contributed by atoms with van der Waals surface area (Å²) in [4.78, 5) is 61.8. The number of carbonyl (C=O) groups is 3. The first-order chi connectivity index (χ1) is 23.3. The fourth-order valence-electron chi connectivity index (χ4n) is 5.80. The van der Waals surface area contributed by atoms with Gasteiger partial charge in [0.05, 0.1) is 6.61 Å². The summed E-state index contributed by atoms with van der Waals surface area (Å²) < 4.78 is 23.4. The Bertz CT molecular complexity index is 1170. The van der Waals surface area contributed by atoms with E-state index < -0.39 is 48.4 Å². The number of aliphatic hydroxyl groups excluding tert-OH is 1. The van der Waals surface area contributed by atoms with Crippen molar-refractivity contribution in [1.29, 1.82) is 0 Å². The Labute approximate surface area is 284 Å². The van der Waals surface area contributed by atoms with Crippen LogP contribution in [0.3, 0.4) is 0 Å². The molecule has 0 radical (unpaired) electrons. The molecule has 1 aromatic heterocycles. The average molecular weight is 682 g/mol. The summed E-state index contributed by atoms with van der Waals surface area (Å²) in [7, 11) is 0. The summed E-state index contributed by atoms with van der Waals surface area (Å²) in [5.41, 5.74) is -1.28. The number of nitrogens with one attached hydrogen (secondary N) is 2. The van der Waals surface area contributed by atoms with Gasteiger partial charge in [0.25, 0.3) is 11.5 Å². The molecule has 2 heterocycles. The van der Waals surface area contributed by atoms with Crippen LogP contribution in [0.4, 0.5) is 0 Å². The van der Waals surface area contributed by atoms with Gasteiger partial charge in [-0.15, -0.1) is 0 Å². The summed E-state index contributed by atoms with van der Waals surface area (Å²) in [6.07, 6.45) is 16.9. The lowest BCUT2D eigenvalue weighted by atomic mass is 10.0. The Morgan fingerprint density at radius 2 is 1.48 bits per heavy atom. The van der Waals surface area contributed by atoms with Crippen molar-refractivity contribution < 1.29 is 38.4 Å². The number of esters is 2. The lowest BCUT2D eigenvalue weighted by Crippen LogP contribution is -2.41. The lowest BCUT2D eigenvalue weighted by molar-refractivity contribution is -0.156. The van der Waals surface area contributed by atoms with Crippen LogP contribution >= 0.6 is 0 Å². The number of carbonyl (C=O) groups excluding carboxylic acids is 3. The van der Waals surface area contributed by atoms with E-state index >= 15 is 0 Å². The summed E-state index contributed by atoms with van der Waals surface area (Å²) in [6.45, 7) is 3.46. The van der Waals surface area contributed by atoms with Gasteiger partial charge in [0, 0.05) is 38.8 Å². The smallest absolute Gasteiger partial charge is 0.330 e. The second-order valence-corrected chi connectivity index (χ2v) is 12.6. The highest BCUT2D eigenvalue weighted by atomic mass is 16.6. The number of rotatable bonds is 27. The van der Waals surface area contributed by atoms with Gasteiger partial charge in [-0.25, -0.2) is 4.79 Å². The third-order valence-corrected chi connectivity index (χ3v) is 8.45. The normalized spacial score (nSPS) is 18.9. The van der Waals surface area contributed by atoms with Gasteiger partial charge in [-0.3, -0.25) is 28.7 Å². The molecule has 1 fully saturated rings. The van der Waals surface area contributed by atoms with Gasteiger partial charge < -0.3 is 29.4 Å². The maximum atomic E-state index is 12.4. The number of amides is 1. The molecule has 0 bridgehead atoms. The quantitative estimate of drug-likeness (QED) is 0.0889. The monoisotopic (exact) mass is 681 g/mol. The third-order valence-electron chi connectivity index (χ3n) is 8.45. The number of nitrogens with zero attached hydrogens (tertiary/aromatic N) is 1. The van der Waals surface area contributed by atoms with Crippen LogP contribution in [0.15, 0.2) is 21.9 Å². The number of unbranched alkanes of at least 4 members (excludes halogenated alkanes) is 15. The minimum atomic E-state index is -1.02. The zero-order valence-electron chi connectivity index (χ0n) is 29.1. The van der Waals surface area contributed by atoms with Crippen LogP contribution < -0.4 is 16.6 Å². The molecule has 3 N–H and O–H groups in total. The zero-order valence-corrected chi connectivity index (χ0v) is 29.1. The Morgan fingerprint density at radius 1 is 0.875 bits per heavy atom. The van der Waals surface area contributed by atoms with Crippen LogP contribution in [0.1, 0.15) is 136 Å². The summed E-state index contributed by atoms with van der Waals surface area (Å²) in [6, 6.07) is 1.17. The average Bonchev–Trinajstić information content (AvgIpc) is 3.39. The van der Waals surface area contributed by atoms with E-state index in [0.29, 0.717) is 19.4 Å². The molecule has 0 aliphatic carbocycles. The Hall–Kier alpha value is -3.03. The number of hydrogen-bond acceptors (Lipinski definition) is 10. The predicted octanol–water partition coefficient (Wildman–Crippen LogP) is 4.44. The maximum Gasteiger partial charge on any atom is 0.330 e. The van der Waals surface area contributed by atoms with Crippen molar-refractivity contribution in [3.8, 4) is 0 Å². The van der Waals surface area contributed by atoms with Crippen LogP contribution in [0.2, 0.25) is 0 Å². The van der Waals surface area contributed by atoms with Crippen molar-refractivity contribution in [2.45, 2.75) is 154 Å². The molecule has 1 amide bonds. The molecule has 0 saturated carbocycles. The number of ether oxygens (including phenoxy) is 4. The van der Waals surface area contributed by atoms with Crippen LogP contribution in [0.25, 0.3) is 0 Å². The standard InChI is InChI=1S/C35H59N3O10/c1-3-4-5-6-7-8-9-10-11-12-13-14-17-20-31(43)46-26-30(42)36-22-18-15-16-19-24-45-33-32(47-27(2)40)28(25-39)48-34(33)38-23-21-29(41)37-35(38)44/h21,23,28,32-34,39H,3-20,22,24-26H2,1-2H3,(H,36,42)(H,37,41,44)/t28-,32+,33?,34-/m1/s1. The summed E-state index contributed by atoms with van der Waals surface area (Å²) in [5.74, 6) is -1.25. The van der Waals surface area contributed by atoms with E-state index in [1.165, 1.54) is 83.4 Å². The van der Waals surface area contributed by atoms with Crippen LogP contribution in [-0.4, -0.2) is 77.2 Å². The van der Waals surface area contributed by atoms with Crippen molar-refractivity contribution in [3.63, 3.8) is 0 Å². The highest BCUT2D eigenvalue weighted by Crippen LogP contribution is 2.33. The lowest BCUT2D eigenvalue weighted by Gasteiger charge is -2.24. The van der Waals surface area contributed by atoms with E-state index in [4.69, 9.17) is 18.9 Å². The maximum absolute atomic E-state index is 12.4. The van der Waals surface area contributed by atoms with E-state index in [1.807, 2.05) is 0 Å². The van der Waals surface area contributed by atoms with Crippen LogP contribution in [0, 0.1) is 0 Å². The minimum Gasteiger partial charge on any atom is -0.457 e. The van der Waals surface area contributed by atoms with Crippen LogP contribution in [0.5, 0.6) is 0 Å². The number of H-pyrrole nitrogens is 1. The largest absolute Gasteiger partial charge is 0.457 e. The highest BCUT2D eigenvalue weighted by Gasteiger charge is 2.48. The molecular weight excluding hydrogens is 622 g/mol. The fourth-order valence-corrected chi connectivity index (χ4v) is 5.80. The molecule has 0 aromatic carbocycles. The number of aromatic amines is 1. The van der Waals surface area contributed by atoms with Crippen LogP contribution in [-0.2, 0) is 33.3 Å². The molecule has 13 nitrogen and oxygen atoms in total. The van der Waals surface area contributed by atoms with Crippen molar-refractivity contribution in [2.75, 3.05) is 26.4 Å². The molecule has 4 atom stereocenters. The van der Waals surface area contributed by atoms with Gasteiger partial charge in [0.2, 0.25) is 0 Å². The summed E-state index contributed by atoms with van der Waals surface area (Å²) >= 11 is 0. The van der Waals surface area contributed by atoms with Gasteiger partial charge in [-0.05, 0) is 19.3 Å². The molecule has 1 saturated heterocycles. The van der Waals surface area contributed by atoms with E-state index in [0.717, 1.165) is 43.1 Å². The first-order valence-electron chi connectivity index (χ1n) is 18.1. The Morgan fingerprint density at radius 3 is 2.08 bits per heavy atom. The van der Waals surface area contributed by atoms with Gasteiger partial charge in [0.1, 0.15) is 12.2 Å². The van der Waals surface area contributed by atoms with E-state index in [1.54, 1.807) is 0 Å². The SMILES string of the molecule is CCCCCCCCCCCCCCCC(=O)OCC(=O)NCCCCCCOC1[C@@H](OC(C)=O)[C@@H](CO)O[C@H]1n1ccc(=O)[nH]c1=O. The first kappa shape index (κ1) is 41.1.